The molecule has 1 aromatic heterocycles. The fourth-order valence-electron chi connectivity index (χ4n) is 2.25. The number of anilines is 1. The minimum Gasteiger partial charge on any atom is -0.373 e. The molecular weight excluding hydrogens is 256 g/mol. The fourth-order valence-corrected chi connectivity index (χ4v) is 3.39. The third kappa shape index (κ3) is 4.35. The Hall–Kier alpha value is -0.810. The molecule has 0 radical (unpaired) electrons. The quantitative estimate of drug-likeness (QED) is 0.921. The standard InChI is InChI=1S/C14H24N4S/c1-11-9-12(15-4)17-13(16-11)10-18-6-5-14(2,3)19-8-7-18/h9H,5-8,10H2,1-4H3,(H,15,16,17). The Labute approximate surface area is 120 Å². The second-order valence-corrected chi connectivity index (χ2v) is 7.50. The highest BCUT2D eigenvalue weighted by atomic mass is 32.2. The van der Waals surface area contributed by atoms with Crippen molar-refractivity contribution in [3.8, 4) is 0 Å². The van der Waals surface area contributed by atoms with Crippen molar-refractivity contribution >= 4 is 17.6 Å². The molecule has 1 aliphatic rings. The second kappa shape index (κ2) is 6.09. The lowest BCUT2D eigenvalue weighted by Gasteiger charge is -2.22. The SMILES string of the molecule is CNc1cc(C)nc(CN2CCSC(C)(C)CC2)n1. The van der Waals surface area contributed by atoms with Crippen molar-refractivity contribution in [3.05, 3.63) is 17.6 Å². The van der Waals surface area contributed by atoms with Crippen molar-refractivity contribution in [2.24, 2.45) is 0 Å². The van der Waals surface area contributed by atoms with E-state index in [0.29, 0.717) is 4.75 Å². The number of hydrogen-bond donors (Lipinski definition) is 1. The van der Waals surface area contributed by atoms with E-state index in [1.165, 1.54) is 12.2 Å². The molecule has 0 spiro atoms. The van der Waals surface area contributed by atoms with E-state index in [4.69, 9.17) is 0 Å². The Balaban J connectivity index is 2.02. The van der Waals surface area contributed by atoms with E-state index >= 15 is 0 Å². The number of nitrogens with zero attached hydrogens (tertiary/aromatic N) is 3. The number of aromatic nitrogens is 2. The summed E-state index contributed by atoms with van der Waals surface area (Å²) in [6, 6.07) is 1.98. The van der Waals surface area contributed by atoms with Gasteiger partial charge in [0.2, 0.25) is 0 Å². The first-order valence-electron chi connectivity index (χ1n) is 6.87. The lowest BCUT2D eigenvalue weighted by molar-refractivity contribution is 0.269. The Kier molecular flexibility index (Phi) is 4.68. The van der Waals surface area contributed by atoms with Gasteiger partial charge in [-0.1, -0.05) is 13.8 Å². The normalized spacial score (nSPS) is 20.0. The van der Waals surface area contributed by atoms with Gasteiger partial charge in [-0.15, -0.1) is 0 Å². The molecule has 5 heteroatoms. The smallest absolute Gasteiger partial charge is 0.144 e. The lowest BCUT2D eigenvalue weighted by atomic mass is 10.1. The van der Waals surface area contributed by atoms with E-state index in [9.17, 15) is 0 Å². The molecule has 0 atom stereocenters. The van der Waals surface area contributed by atoms with Crippen molar-refractivity contribution in [3.63, 3.8) is 0 Å². The minimum absolute atomic E-state index is 0.401. The molecule has 0 aliphatic carbocycles. The molecule has 4 nitrogen and oxygen atoms in total. The molecule has 1 aromatic rings. The number of thioether (sulfide) groups is 1. The number of rotatable bonds is 3. The summed E-state index contributed by atoms with van der Waals surface area (Å²) < 4.78 is 0.401. The molecule has 0 amide bonds. The topological polar surface area (TPSA) is 41.1 Å². The van der Waals surface area contributed by atoms with Crippen LogP contribution < -0.4 is 5.32 Å². The van der Waals surface area contributed by atoms with Crippen molar-refractivity contribution in [1.82, 2.24) is 14.9 Å². The van der Waals surface area contributed by atoms with Gasteiger partial charge in [0.25, 0.3) is 0 Å². The van der Waals surface area contributed by atoms with Crippen molar-refractivity contribution in [2.45, 2.75) is 38.5 Å². The maximum absolute atomic E-state index is 4.54. The highest BCUT2D eigenvalue weighted by Gasteiger charge is 2.24. The van der Waals surface area contributed by atoms with Crippen LogP contribution in [0.1, 0.15) is 31.8 Å². The Bertz CT molecular complexity index is 433. The van der Waals surface area contributed by atoms with Crippen LogP contribution in [0.4, 0.5) is 5.82 Å². The zero-order chi connectivity index (χ0) is 13.9. The van der Waals surface area contributed by atoms with Crippen LogP contribution in [-0.4, -0.2) is 45.5 Å². The van der Waals surface area contributed by atoms with Crippen molar-refractivity contribution in [1.29, 1.82) is 0 Å². The molecule has 1 aliphatic heterocycles. The number of hydrogen-bond acceptors (Lipinski definition) is 5. The Morgan fingerprint density at radius 3 is 2.89 bits per heavy atom. The average Bonchev–Trinajstić information content (AvgIpc) is 2.50. The zero-order valence-electron chi connectivity index (χ0n) is 12.4. The van der Waals surface area contributed by atoms with Crippen LogP contribution in [0, 0.1) is 6.92 Å². The molecule has 2 heterocycles. The van der Waals surface area contributed by atoms with Crippen LogP contribution in [-0.2, 0) is 6.54 Å². The van der Waals surface area contributed by atoms with Crippen molar-refractivity contribution in [2.75, 3.05) is 31.2 Å². The van der Waals surface area contributed by atoms with E-state index in [1.54, 1.807) is 0 Å². The van der Waals surface area contributed by atoms with Gasteiger partial charge in [0.05, 0.1) is 6.54 Å². The van der Waals surface area contributed by atoms with Crippen LogP contribution >= 0.6 is 11.8 Å². The summed E-state index contributed by atoms with van der Waals surface area (Å²) in [7, 11) is 1.90. The summed E-state index contributed by atoms with van der Waals surface area (Å²) in [6.07, 6.45) is 1.22. The molecule has 2 rings (SSSR count). The third-order valence-corrected chi connectivity index (χ3v) is 4.82. The Morgan fingerprint density at radius 2 is 2.16 bits per heavy atom. The molecule has 0 bridgehead atoms. The summed E-state index contributed by atoms with van der Waals surface area (Å²) in [6.45, 7) is 9.81. The van der Waals surface area contributed by atoms with E-state index in [-0.39, 0.29) is 0 Å². The second-order valence-electron chi connectivity index (χ2n) is 5.70. The molecule has 19 heavy (non-hydrogen) atoms. The van der Waals surface area contributed by atoms with Gasteiger partial charge < -0.3 is 5.32 Å². The Morgan fingerprint density at radius 1 is 1.37 bits per heavy atom. The summed E-state index contributed by atoms with van der Waals surface area (Å²) >= 11 is 2.07. The largest absolute Gasteiger partial charge is 0.373 e. The van der Waals surface area contributed by atoms with Crippen LogP contribution in [0.15, 0.2) is 6.07 Å². The maximum Gasteiger partial charge on any atom is 0.144 e. The highest BCUT2D eigenvalue weighted by Crippen LogP contribution is 2.30. The zero-order valence-corrected chi connectivity index (χ0v) is 13.2. The first-order valence-corrected chi connectivity index (χ1v) is 7.86. The van der Waals surface area contributed by atoms with E-state index in [1.807, 2.05) is 20.0 Å². The highest BCUT2D eigenvalue weighted by molar-refractivity contribution is 8.00. The molecule has 0 unspecified atom stereocenters. The summed E-state index contributed by atoms with van der Waals surface area (Å²) in [5.74, 6) is 3.03. The average molecular weight is 280 g/mol. The van der Waals surface area contributed by atoms with Gasteiger partial charge in [0, 0.05) is 35.9 Å². The van der Waals surface area contributed by atoms with Crippen molar-refractivity contribution < 1.29 is 0 Å². The van der Waals surface area contributed by atoms with Gasteiger partial charge >= 0.3 is 0 Å². The van der Waals surface area contributed by atoms with Gasteiger partial charge in [-0.3, -0.25) is 4.90 Å². The minimum atomic E-state index is 0.401. The monoisotopic (exact) mass is 280 g/mol. The van der Waals surface area contributed by atoms with Crippen LogP contribution in [0.2, 0.25) is 0 Å². The molecule has 106 valence electrons. The van der Waals surface area contributed by atoms with Crippen LogP contribution in [0.25, 0.3) is 0 Å². The molecule has 1 fully saturated rings. The first-order chi connectivity index (χ1) is 8.98. The molecule has 1 saturated heterocycles. The van der Waals surface area contributed by atoms with Gasteiger partial charge in [-0.25, -0.2) is 9.97 Å². The summed E-state index contributed by atoms with van der Waals surface area (Å²) in [5.41, 5.74) is 1.03. The molecular formula is C14H24N4S. The third-order valence-electron chi connectivity index (χ3n) is 3.45. The van der Waals surface area contributed by atoms with Gasteiger partial charge in [-0.05, 0) is 19.9 Å². The lowest BCUT2D eigenvalue weighted by Crippen LogP contribution is -2.28. The summed E-state index contributed by atoms with van der Waals surface area (Å²) in [5, 5.41) is 3.10. The first kappa shape index (κ1) is 14.6. The number of aryl methyl sites for hydroxylation is 1. The van der Waals surface area contributed by atoms with Gasteiger partial charge in [0.15, 0.2) is 0 Å². The van der Waals surface area contributed by atoms with E-state index < -0.39 is 0 Å². The fraction of sp³-hybridized carbons (Fsp3) is 0.714. The molecule has 0 aromatic carbocycles. The van der Waals surface area contributed by atoms with Crippen LogP contribution in [0.3, 0.4) is 0 Å². The number of nitrogens with one attached hydrogen (secondary N) is 1. The van der Waals surface area contributed by atoms with E-state index in [0.717, 1.165) is 37.0 Å². The molecule has 1 N–H and O–H groups in total. The van der Waals surface area contributed by atoms with Gasteiger partial charge in [-0.2, -0.15) is 11.8 Å². The molecule has 0 saturated carbocycles. The predicted molar refractivity (Wildman–Crippen MR) is 82.7 cm³/mol. The van der Waals surface area contributed by atoms with Crippen LogP contribution in [0.5, 0.6) is 0 Å². The van der Waals surface area contributed by atoms with E-state index in [2.05, 4.69) is 45.8 Å². The summed E-state index contributed by atoms with van der Waals surface area (Å²) in [4.78, 5) is 11.6. The van der Waals surface area contributed by atoms with Gasteiger partial charge in [0.1, 0.15) is 11.6 Å². The maximum atomic E-state index is 4.54. The predicted octanol–water partition coefficient (Wildman–Crippen LogP) is 2.54.